The standard InChI is InChI=1S/C10H14N2O2S/c1-6(5-13)15-9-4-7(11)2-3-8(9)10(12)14/h2-4,6,13H,5,11H2,1H3,(H2,12,14). The molecule has 0 saturated carbocycles. The number of primary amides is 1. The number of nitrogen functional groups attached to an aromatic ring is 1. The second-order valence-corrected chi connectivity index (χ2v) is 4.71. The summed E-state index contributed by atoms with van der Waals surface area (Å²) >= 11 is 1.38. The van der Waals surface area contributed by atoms with Crippen molar-refractivity contribution in [3.8, 4) is 0 Å². The monoisotopic (exact) mass is 226 g/mol. The zero-order valence-corrected chi connectivity index (χ0v) is 9.25. The lowest BCUT2D eigenvalue weighted by atomic mass is 10.2. The van der Waals surface area contributed by atoms with E-state index in [-0.39, 0.29) is 11.9 Å². The van der Waals surface area contributed by atoms with Crippen LogP contribution in [0.2, 0.25) is 0 Å². The maximum absolute atomic E-state index is 11.1. The smallest absolute Gasteiger partial charge is 0.249 e. The Balaban J connectivity index is 3.02. The third-order valence-electron chi connectivity index (χ3n) is 1.86. The van der Waals surface area contributed by atoms with Gasteiger partial charge in [0.15, 0.2) is 0 Å². The number of hydrogen-bond acceptors (Lipinski definition) is 4. The molecule has 0 aliphatic heterocycles. The van der Waals surface area contributed by atoms with Crippen LogP contribution in [0, 0.1) is 0 Å². The molecule has 15 heavy (non-hydrogen) atoms. The van der Waals surface area contributed by atoms with E-state index < -0.39 is 5.91 Å². The van der Waals surface area contributed by atoms with Gasteiger partial charge in [0.1, 0.15) is 0 Å². The quantitative estimate of drug-likeness (QED) is 0.524. The maximum Gasteiger partial charge on any atom is 0.249 e. The fourth-order valence-corrected chi connectivity index (χ4v) is 2.10. The SMILES string of the molecule is CC(CO)Sc1cc(N)ccc1C(N)=O. The number of nitrogens with two attached hydrogens (primary N) is 2. The number of aliphatic hydroxyl groups excluding tert-OH is 1. The van der Waals surface area contributed by atoms with Gasteiger partial charge in [0.05, 0.1) is 12.2 Å². The number of thioether (sulfide) groups is 1. The Labute approximate surface area is 92.6 Å². The number of rotatable bonds is 4. The van der Waals surface area contributed by atoms with Crippen LogP contribution in [-0.4, -0.2) is 22.9 Å². The van der Waals surface area contributed by atoms with E-state index in [2.05, 4.69) is 0 Å². The molecule has 1 aromatic carbocycles. The molecule has 1 rings (SSSR count). The second-order valence-electron chi connectivity index (χ2n) is 3.23. The molecule has 0 aromatic heterocycles. The van der Waals surface area contributed by atoms with Gasteiger partial charge in [-0.15, -0.1) is 11.8 Å². The van der Waals surface area contributed by atoms with Crippen LogP contribution in [0.15, 0.2) is 23.1 Å². The number of amides is 1. The molecule has 1 atom stereocenters. The molecule has 0 spiro atoms. The highest BCUT2D eigenvalue weighted by Crippen LogP contribution is 2.28. The van der Waals surface area contributed by atoms with Crippen molar-refractivity contribution in [3.63, 3.8) is 0 Å². The van der Waals surface area contributed by atoms with E-state index in [0.717, 1.165) is 0 Å². The number of carbonyl (C=O) groups is 1. The normalized spacial score (nSPS) is 12.4. The van der Waals surface area contributed by atoms with Crippen molar-refractivity contribution in [1.82, 2.24) is 0 Å². The van der Waals surface area contributed by atoms with E-state index in [4.69, 9.17) is 16.6 Å². The van der Waals surface area contributed by atoms with Crippen LogP contribution in [0.4, 0.5) is 5.69 Å². The van der Waals surface area contributed by atoms with Crippen molar-refractivity contribution >= 4 is 23.4 Å². The highest BCUT2D eigenvalue weighted by atomic mass is 32.2. The summed E-state index contributed by atoms with van der Waals surface area (Å²) in [5, 5.41) is 8.93. The fourth-order valence-electron chi connectivity index (χ4n) is 1.09. The van der Waals surface area contributed by atoms with Crippen molar-refractivity contribution < 1.29 is 9.90 Å². The zero-order chi connectivity index (χ0) is 11.4. The third kappa shape index (κ3) is 3.14. The van der Waals surface area contributed by atoms with Crippen LogP contribution >= 0.6 is 11.8 Å². The number of anilines is 1. The van der Waals surface area contributed by atoms with E-state index in [1.165, 1.54) is 11.8 Å². The Hall–Kier alpha value is -1.20. The highest BCUT2D eigenvalue weighted by molar-refractivity contribution is 8.00. The average Bonchev–Trinajstić information content (AvgIpc) is 2.17. The number of aliphatic hydroxyl groups is 1. The molecular formula is C10H14N2O2S. The van der Waals surface area contributed by atoms with Crippen molar-refractivity contribution in [2.24, 2.45) is 5.73 Å². The molecule has 0 aliphatic rings. The lowest BCUT2D eigenvalue weighted by Gasteiger charge is -2.11. The van der Waals surface area contributed by atoms with Crippen LogP contribution < -0.4 is 11.5 Å². The van der Waals surface area contributed by atoms with E-state index in [1.54, 1.807) is 18.2 Å². The summed E-state index contributed by atoms with van der Waals surface area (Å²) in [6, 6.07) is 4.93. The van der Waals surface area contributed by atoms with Gasteiger partial charge in [-0.25, -0.2) is 0 Å². The van der Waals surface area contributed by atoms with E-state index in [1.807, 2.05) is 6.92 Å². The summed E-state index contributed by atoms with van der Waals surface area (Å²) < 4.78 is 0. The van der Waals surface area contributed by atoms with E-state index >= 15 is 0 Å². The molecule has 1 amide bonds. The molecule has 1 unspecified atom stereocenters. The van der Waals surface area contributed by atoms with Crippen LogP contribution in [0.5, 0.6) is 0 Å². The maximum atomic E-state index is 11.1. The van der Waals surface area contributed by atoms with E-state index in [9.17, 15) is 4.79 Å². The first kappa shape index (κ1) is 11.9. The predicted octanol–water partition coefficient (Wildman–Crippen LogP) is 0.841. The first-order valence-electron chi connectivity index (χ1n) is 4.51. The van der Waals surface area contributed by atoms with Gasteiger partial charge >= 0.3 is 0 Å². The second kappa shape index (κ2) is 5.04. The Morgan fingerprint density at radius 3 is 2.80 bits per heavy atom. The third-order valence-corrected chi connectivity index (χ3v) is 3.00. The van der Waals surface area contributed by atoms with Crippen molar-refractivity contribution in [1.29, 1.82) is 0 Å². The first-order chi connectivity index (χ1) is 7.04. The van der Waals surface area contributed by atoms with Crippen LogP contribution in [-0.2, 0) is 0 Å². The van der Waals surface area contributed by atoms with Gasteiger partial charge < -0.3 is 16.6 Å². The van der Waals surface area contributed by atoms with Crippen molar-refractivity contribution in [3.05, 3.63) is 23.8 Å². The summed E-state index contributed by atoms with van der Waals surface area (Å²) in [5.74, 6) is -0.484. The Morgan fingerprint density at radius 1 is 1.60 bits per heavy atom. The summed E-state index contributed by atoms with van der Waals surface area (Å²) in [4.78, 5) is 11.8. The molecule has 1 aromatic rings. The molecule has 0 fully saturated rings. The topological polar surface area (TPSA) is 89.3 Å². The molecular weight excluding hydrogens is 212 g/mol. The summed E-state index contributed by atoms with van der Waals surface area (Å²) in [6.45, 7) is 1.90. The van der Waals surface area contributed by atoms with Gasteiger partial charge in [0.2, 0.25) is 5.91 Å². The van der Waals surface area contributed by atoms with Crippen molar-refractivity contribution in [2.75, 3.05) is 12.3 Å². The molecule has 0 aliphatic carbocycles. The molecule has 0 bridgehead atoms. The molecule has 4 nitrogen and oxygen atoms in total. The molecule has 82 valence electrons. The lowest BCUT2D eigenvalue weighted by Crippen LogP contribution is -2.13. The minimum absolute atomic E-state index is 0.00454. The van der Waals surface area contributed by atoms with Gasteiger partial charge in [0.25, 0.3) is 0 Å². The Kier molecular flexibility index (Phi) is 3.99. The largest absolute Gasteiger partial charge is 0.399 e. The minimum atomic E-state index is -0.484. The average molecular weight is 226 g/mol. The number of hydrogen-bond donors (Lipinski definition) is 3. The van der Waals surface area contributed by atoms with E-state index in [0.29, 0.717) is 16.1 Å². The molecule has 5 heteroatoms. The van der Waals surface area contributed by atoms with Gasteiger partial charge in [-0.05, 0) is 18.2 Å². The highest BCUT2D eigenvalue weighted by Gasteiger charge is 2.11. The zero-order valence-electron chi connectivity index (χ0n) is 8.43. The first-order valence-corrected chi connectivity index (χ1v) is 5.39. The van der Waals surface area contributed by atoms with Gasteiger partial charge in [-0.1, -0.05) is 6.92 Å². The summed E-state index contributed by atoms with van der Waals surface area (Å²) in [5.41, 5.74) is 11.9. The molecule has 0 saturated heterocycles. The van der Waals surface area contributed by atoms with Crippen LogP contribution in [0.1, 0.15) is 17.3 Å². The summed E-state index contributed by atoms with van der Waals surface area (Å²) in [7, 11) is 0. The van der Waals surface area contributed by atoms with Gasteiger partial charge in [0, 0.05) is 15.8 Å². The Morgan fingerprint density at radius 2 is 2.27 bits per heavy atom. The van der Waals surface area contributed by atoms with Gasteiger partial charge in [-0.3, -0.25) is 4.79 Å². The molecule has 5 N–H and O–H groups in total. The lowest BCUT2D eigenvalue weighted by molar-refractivity contribution is 0.0997. The molecule has 0 heterocycles. The predicted molar refractivity (Wildman–Crippen MR) is 61.8 cm³/mol. The van der Waals surface area contributed by atoms with Gasteiger partial charge in [-0.2, -0.15) is 0 Å². The van der Waals surface area contributed by atoms with Crippen LogP contribution in [0.25, 0.3) is 0 Å². The van der Waals surface area contributed by atoms with Crippen molar-refractivity contribution in [2.45, 2.75) is 17.1 Å². The number of benzene rings is 1. The molecule has 0 radical (unpaired) electrons. The van der Waals surface area contributed by atoms with Crippen LogP contribution in [0.3, 0.4) is 0 Å². The fraction of sp³-hybridized carbons (Fsp3) is 0.300. The summed E-state index contributed by atoms with van der Waals surface area (Å²) in [6.07, 6.45) is 0. The Bertz CT molecular complexity index is 368. The minimum Gasteiger partial charge on any atom is -0.399 e. The number of carbonyl (C=O) groups excluding carboxylic acids is 1.